The van der Waals surface area contributed by atoms with Gasteiger partial charge in [-0.2, -0.15) is 0 Å². The molecule has 0 aromatic heterocycles. The first-order chi connectivity index (χ1) is 9.56. The minimum atomic E-state index is 0.211. The average molecular weight is 334 g/mol. The molecule has 0 aliphatic carbocycles. The van der Waals surface area contributed by atoms with Crippen LogP contribution in [0.25, 0.3) is 0 Å². The van der Waals surface area contributed by atoms with E-state index in [0.29, 0.717) is 0 Å². The Balaban J connectivity index is 1.99. The molecule has 2 rings (SSSR count). The zero-order valence-electron chi connectivity index (χ0n) is 12.1. The lowest BCUT2D eigenvalue weighted by atomic mass is 10.1. The molecule has 0 unspecified atom stereocenters. The Bertz CT molecular complexity index is 564. The number of anilines is 1. The lowest BCUT2D eigenvalue weighted by Gasteiger charge is -2.12. The molecule has 106 valence electrons. The van der Waals surface area contributed by atoms with Crippen LogP contribution in [0.5, 0.6) is 5.75 Å². The summed E-state index contributed by atoms with van der Waals surface area (Å²) in [6, 6.07) is 14.4. The number of hydrogen-bond donors (Lipinski definition) is 1. The minimum Gasteiger partial charge on any atom is -0.491 e. The average Bonchev–Trinajstić information content (AvgIpc) is 2.41. The highest BCUT2D eigenvalue weighted by atomic mass is 79.9. The highest BCUT2D eigenvalue weighted by Crippen LogP contribution is 2.24. The van der Waals surface area contributed by atoms with Gasteiger partial charge in [0.1, 0.15) is 5.75 Å². The summed E-state index contributed by atoms with van der Waals surface area (Å²) in [4.78, 5) is 0. The molecule has 0 aliphatic heterocycles. The molecule has 0 bridgehead atoms. The van der Waals surface area contributed by atoms with Crippen LogP contribution < -0.4 is 10.1 Å². The molecule has 0 saturated heterocycles. The SMILES string of the molecule is Cc1c(Br)cccc1NCc1ccc(OC(C)C)cc1. The first kappa shape index (κ1) is 14.9. The molecule has 3 heteroatoms. The summed E-state index contributed by atoms with van der Waals surface area (Å²) in [5.41, 5.74) is 3.62. The monoisotopic (exact) mass is 333 g/mol. The van der Waals surface area contributed by atoms with Crippen molar-refractivity contribution >= 4 is 21.6 Å². The molecule has 20 heavy (non-hydrogen) atoms. The summed E-state index contributed by atoms with van der Waals surface area (Å²) >= 11 is 3.55. The van der Waals surface area contributed by atoms with Gasteiger partial charge in [-0.1, -0.05) is 34.1 Å². The highest BCUT2D eigenvalue weighted by molar-refractivity contribution is 9.10. The van der Waals surface area contributed by atoms with E-state index in [-0.39, 0.29) is 6.10 Å². The van der Waals surface area contributed by atoms with Gasteiger partial charge in [0.15, 0.2) is 0 Å². The fourth-order valence-electron chi connectivity index (χ4n) is 1.95. The smallest absolute Gasteiger partial charge is 0.119 e. The number of ether oxygens (including phenoxy) is 1. The molecule has 0 heterocycles. The van der Waals surface area contributed by atoms with E-state index in [4.69, 9.17) is 4.74 Å². The maximum absolute atomic E-state index is 5.64. The molecule has 2 aromatic rings. The van der Waals surface area contributed by atoms with Crippen molar-refractivity contribution in [3.8, 4) is 5.75 Å². The maximum Gasteiger partial charge on any atom is 0.119 e. The van der Waals surface area contributed by atoms with Gasteiger partial charge in [-0.25, -0.2) is 0 Å². The van der Waals surface area contributed by atoms with Crippen LogP contribution in [0.2, 0.25) is 0 Å². The number of halogens is 1. The Labute approximate surface area is 129 Å². The van der Waals surface area contributed by atoms with Gasteiger partial charge in [0, 0.05) is 16.7 Å². The number of rotatable bonds is 5. The molecular weight excluding hydrogens is 314 g/mol. The first-order valence-electron chi connectivity index (χ1n) is 6.81. The van der Waals surface area contributed by atoms with Crippen LogP contribution in [0.15, 0.2) is 46.9 Å². The zero-order valence-corrected chi connectivity index (χ0v) is 13.7. The van der Waals surface area contributed by atoms with Crippen molar-refractivity contribution in [2.24, 2.45) is 0 Å². The van der Waals surface area contributed by atoms with Crippen molar-refractivity contribution in [3.63, 3.8) is 0 Å². The van der Waals surface area contributed by atoms with Crippen molar-refractivity contribution in [1.29, 1.82) is 0 Å². The standard InChI is InChI=1S/C17H20BrNO/c1-12(2)20-15-9-7-14(8-10-15)11-19-17-6-4-5-16(18)13(17)3/h4-10,12,19H,11H2,1-3H3. The predicted octanol–water partition coefficient (Wildman–Crippen LogP) is 5.16. The van der Waals surface area contributed by atoms with Gasteiger partial charge in [0.25, 0.3) is 0 Å². The Morgan fingerprint density at radius 2 is 1.80 bits per heavy atom. The summed E-state index contributed by atoms with van der Waals surface area (Å²) in [7, 11) is 0. The van der Waals surface area contributed by atoms with E-state index < -0.39 is 0 Å². The van der Waals surface area contributed by atoms with Crippen LogP contribution >= 0.6 is 15.9 Å². The fraction of sp³-hybridized carbons (Fsp3) is 0.294. The van der Waals surface area contributed by atoms with Crippen LogP contribution in [0.3, 0.4) is 0 Å². The lowest BCUT2D eigenvalue weighted by molar-refractivity contribution is 0.242. The summed E-state index contributed by atoms with van der Waals surface area (Å²) < 4.78 is 6.77. The maximum atomic E-state index is 5.64. The normalized spacial score (nSPS) is 10.7. The molecule has 1 N–H and O–H groups in total. The van der Waals surface area contributed by atoms with E-state index in [1.807, 2.05) is 32.0 Å². The van der Waals surface area contributed by atoms with Gasteiger partial charge in [-0.3, -0.25) is 0 Å². The van der Waals surface area contributed by atoms with Crippen LogP contribution in [0.1, 0.15) is 25.0 Å². The van der Waals surface area contributed by atoms with Crippen molar-refractivity contribution < 1.29 is 4.74 Å². The molecule has 0 spiro atoms. The first-order valence-corrected chi connectivity index (χ1v) is 7.60. The van der Waals surface area contributed by atoms with Crippen molar-refractivity contribution in [1.82, 2.24) is 0 Å². The van der Waals surface area contributed by atoms with Gasteiger partial charge in [-0.15, -0.1) is 0 Å². The number of benzene rings is 2. The third-order valence-electron chi connectivity index (χ3n) is 3.05. The van der Waals surface area contributed by atoms with E-state index in [0.717, 1.165) is 22.5 Å². The van der Waals surface area contributed by atoms with Gasteiger partial charge in [-0.05, 0) is 56.2 Å². The third kappa shape index (κ3) is 4.01. The molecule has 0 atom stereocenters. The zero-order chi connectivity index (χ0) is 14.5. The van der Waals surface area contributed by atoms with E-state index in [2.05, 4.69) is 52.4 Å². The van der Waals surface area contributed by atoms with Crippen LogP contribution in [-0.4, -0.2) is 6.10 Å². The molecule has 0 aliphatic rings. The Hall–Kier alpha value is -1.48. The largest absolute Gasteiger partial charge is 0.491 e. The molecule has 0 saturated carbocycles. The molecule has 2 nitrogen and oxygen atoms in total. The van der Waals surface area contributed by atoms with Gasteiger partial charge < -0.3 is 10.1 Å². The quantitative estimate of drug-likeness (QED) is 0.816. The van der Waals surface area contributed by atoms with E-state index in [9.17, 15) is 0 Å². The number of nitrogens with one attached hydrogen (secondary N) is 1. The molecule has 0 amide bonds. The second kappa shape index (κ2) is 6.80. The topological polar surface area (TPSA) is 21.3 Å². The molecule has 0 radical (unpaired) electrons. The van der Waals surface area contributed by atoms with Crippen LogP contribution in [-0.2, 0) is 6.54 Å². The van der Waals surface area contributed by atoms with Gasteiger partial charge in [0.2, 0.25) is 0 Å². The summed E-state index contributed by atoms with van der Waals surface area (Å²) in [6.07, 6.45) is 0.211. The Morgan fingerprint density at radius 1 is 1.10 bits per heavy atom. The van der Waals surface area contributed by atoms with Gasteiger partial charge in [0.05, 0.1) is 6.10 Å². The van der Waals surface area contributed by atoms with E-state index in [1.165, 1.54) is 11.1 Å². The second-order valence-corrected chi connectivity index (χ2v) is 5.93. The van der Waals surface area contributed by atoms with Crippen molar-refractivity contribution in [2.45, 2.75) is 33.4 Å². The van der Waals surface area contributed by atoms with E-state index >= 15 is 0 Å². The fourth-order valence-corrected chi connectivity index (χ4v) is 2.32. The highest BCUT2D eigenvalue weighted by Gasteiger charge is 2.02. The van der Waals surface area contributed by atoms with E-state index in [1.54, 1.807) is 0 Å². The van der Waals surface area contributed by atoms with Crippen molar-refractivity contribution in [2.75, 3.05) is 5.32 Å². The van der Waals surface area contributed by atoms with Gasteiger partial charge >= 0.3 is 0 Å². The molecular formula is C17H20BrNO. The lowest BCUT2D eigenvalue weighted by Crippen LogP contribution is -2.06. The predicted molar refractivity (Wildman–Crippen MR) is 88.4 cm³/mol. The van der Waals surface area contributed by atoms with Crippen LogP contribution in [0, 0.1) is 6.92 Å². The third-order valence-corrected chi connectivity index (χ3v) is 3.90. The Morgan fingerprint density at radius 3 is 2.45 bits per heavy atom. The summed E-state index contributed by atoms with van der Waals surface area (Å²) in [5.74, 6) is 0.919. The van der Waals surface area contributed by atoms with Crippen LogP contribution in [0.4, 0.5) is 5.69 Å². The molecule has 0 fully saturated rings. The summed E-state index contributed by atoms with van der Waals surface area (Å²) in [6.45, 7) is 6.97. The number of hydrogen-bond acceptors (Lipinski definition) is 2. The summed E-state index contributed by atoms with van der Waals surface area (Å²) in [5, 5.41) is 3.46. The van der Waals surface area contributed by atoms with Crippen molar-refractivity contribution in [3.05, 3.63) is 58.1 Å². The Kier molecular flexibility index (Phi) is 5.07. The molecule has 2 aromatic carbocycles. The minimum absolute atomic E-state index is 0.211. The second-order valence-electron chi connectivity index (χ2n) is 5.08.